The molecule has 5 aliphatic heterocycles. The number of unbranched alkanes of at least 4 members (excludes halogenated alkanes) is 12. The minimum absolute atomic E-state index is 0. The summed E-state index contributed by atoms with van der Waals surface area (Å²) in [6, 6.07) is 5.97. The first-order chi connectivity index (χ1) is 34.2. The number of carbonyl (C=O) groups is 2. The number of ether oxygens (including phenoxy) is 2. The zero-order valence-corrected chi connectivity index (χ0v) is 46.1. The number of aliphatic hydroxyl groups is 1. The zero-order valence-electron chi connectivity index (χ0n) is 43.2. The van der Waals surface area contributed by atoms with Gasteiger partial charge < -0.3 is 34.9 Å². The monoisotopic (exact) mass is 1070 g/mol. The van der Waals surface area contributed by atoms with Crippen molar-refractivity contribution in [2.75, 3.05) is 44.3 Å². The maximum Gasteiger partial charge on any atom is 0.347 e. The minimum Gasteiger partial charge on any atom is -0.508 e. The number of halogens is 2. The second kappa shape index (κ2) is 29.1. The van der Waals surface area contributed by atoms with Crippen LogP contribution in [0.4, 0.5) is 14.6 Å². The van der Waals surface area contributed by atoms with Crippen LogP contribution in [0.15, 0.2) is 35.3 Å². The first kappa shape index (κ1) is 58.8. The Morgan fingerprint density at radius 1 is 0.917 bits per heavy atom. The van der Waals surface area contributed by atoms with Gasteiger partial charge in [0, 0.05) is 100.0 Å². The SMILES string of the molecule is C#Cc1c(F)ccc2cc(O)cc(-c3ncc4c(N5CC6CC(C5)N6)nc(=O)[nH]c4c3F)c12.CCCCCCCCCC(=O)OCC(O)COC(=O)CCCCCCCCC.C[C@H]1CN2CCC[C@@]2(C)C1.[Y]. The number of carbonyl (C=O) groups excluding carboxylic acids is 2. The molecule has 7 heterocycles. The normalized spacial score (nSPS) is 19.9. The number of pyridine rings is 1. The van der Waals surface area contributed by atoms with Gasteiger partial charge in [0.05, 0.1) is 16.5 Å². The number of aromatic nitrogens is 3. The molecule has 5 fully saturated rings. The molecule has 2 bridgehead atoms. The average Bonchev–Trinajstić information content (AvgIpc) is 3.84. The van der Waals surface area contributed by atoms with Crippen LogP contribution in [-0.4, -0.2) is 105 Å². The minimum atomic E-state index is -0.948. The summed E-state index contributed by atoms with van der Waals surface area (Å²) in [7, 11) is 0. The Hall–Kier alpha value is -4.07. The molecule has 2 unspecified atom stereocenters. The van der Waals surface area contributed by atoms with Gasteiger partial charge in [-0.3, -0.25) is 19.5 Å². The van der Waals surface area contributed by atoms with Crippen LogP contribution in [0.2, 0.25) is 0 Å². The number of H-pyrrole nitrogens is 1. The number of hydrogen-bond acceptors (Lipinski definition) is 12. The van der Waals surface area contributed by atoms with Crippen molar-refractivity contribution >= 4 is 39.4 Å². The summed E-state index contributed by atoms with van der Waals surface area (Å²) in [4.78, 5) is 51.1. The van der Waals surface area contributed by atoms with Gasteiger partial charge in [-0.15, -0.1) is 6.42 Å². The number of anilines is 1. The van der Waals surface area contributed by atoms with Crippen molar-refractivity contribution in [3.05, 3.63) is 58.1 Å². The molecule has 2 aromatic carbocycles. The van der Waals surface area contributed by atoms with Crippen molar-refractivity contribution in [1.82, 2.24) is 25.2 Å². The Balaban J connectivity index is 0.000000224. The van der Waals surface area contributed by atoms with Gasteiger partial charge in [0.25, 0.3) is 0 Å². The Bertz CT molecular complexity index is 2450. The molecule has 5 saturated heterocycles. The van der Waals surface area contributed by atoms with Crippen LogP contribution < -0.4 is 15.9 Å². The number of piperazine rings is 1. The number of aromatic hydroxyl groups is 1. The molecule has 13 nitrogen and oxygen atoms in total. The van der Waals surface area contributed by atoms with Crippen LogP contribution in [0.1, 0.15) is 162 Å². The Morgan fingerprint density at radius 2 is 1.50 bits per heavy atom. The van der Waals surface area contributed by atoms with E-state index in [1.807, 2.05) is 4.90 Å². The number of nitrogens with zero attached hydrogens (tertiary/aromatic N) is 4. The third-order valence-corrected chi connectivity index (χ3v) is 14.4. The van der Waals surface area contributed by atoms with E-state index in [1.54, 1.807) is 0 Å². The smallest absolute Gasteiger partial charge is 0.347 e. The van der Waals surface area contributed by atoms with Gasteiger partial charge in [-0.05, 0) is 81.5 Å². The molecule has 4 aromatic rings. The molecule has 72 heavy (non-hydrogen) atoms. The molecule has 9 rings (SSSR count). The first-order valence-electron chi connectivity index (χ1n) is 26.5. The Morgan fingerprint density at radius 3 is 2.07 bits per heavy atom. The molecule has 0 amide bonds. The van der Waals surface area contributed by atoms with Gasteiger partial charge in [-0.25, -0.2) is 13.6 Å². The molecule has 0 saturated carbocycles. The van der Waals surface area contributed by atoms with Crippen LogP contribution in [0, 0.1) is 29.9 Å². The van der Waals surface area contributed by atoms with Crippen LogP contribution >= 0.6 is 0 Å². The largest absolute Gasteiger partial charge is 0.508 e. The van der Waals surface area contributed by atoms with Crippen LogP contribution in [0.25, 0.3) is 32.9 Å². The number of nitrogens with one attached hydrogen (secondary N) is 2. The molecule has 1 radical (unpaired) electrons. The Kier molecular flexibility index (Phi) is 23.8. The van der Waals surface area contributed by atoms with Crippen LogP contribution in [-0.2, 0) is 51.8 Å². The molecule has 0 aliphatic carbocycles. The van der Waals surface area contributed by atoms with E-state index >= 15 is 4.39 Å². The van der Waals surface area contributed by atoms with E-state index in [0.717, 1.165) is 50.9 Å². The van der Waals surface area contributed by atoms with E-state index in [9.17, 15) is 29.0 Å². The number of terminal acetylenes is 1. The number of aromatic amines is 1. The topological polar surface area (TPSA) is 170 Å². The standard InChI is InChI=1S/C24H17F2N5O2.C23H44O5.C9H17N.Y/c1-2-15-18(25)4-3-11-5-14(32)7-16(19(11)15)21-20(26)22-17(8-27-21)23(30-24(33)29-22)31-9-12-6-13(10-31)28-12;1-3-5-7-9-11-13-15-17-22(25)27-19-21(24)20-28-23(26)18-16-14-12-10-8-6-4-2;1-8-6-9(2)4-3-5-10(9)7-8;/h1,3-5,7-8,12-13,28,32H,6,9-10H2,(H,29,30,33);21,24H,3-20H2,1-2H3;8H,3-7H2,1-2H3;/t;;8-,9+;/m..1./s1. The van der Waals surface area contributed by atoms with Gasteiger partial charge in [-0.1, -0.05) is 110 Å². The predicted molar refractivity (Wildman–Crippen MR) is 276 cm³/mol. The van der Waals surface area contributed by atoms with Crippen molar-refractivity contribution in [1.29, 1.82) is 0 Å². The number of phenolic OH excluding ortho intramolecular Hbond substituents is 1. The Labute approximate surface area is 450 Å². The first-order valence-corrected chi connectivity index (χ1v) is 26.5. The average molecular weight is 1070 g/mol. The molecular weight excluding hydrogens is 996 g/mol. The summed E-state index contributed by atoms with van der Waals surface area (Å²) in [5.74, 6) is 1.44. The maximum atomic E-state index is 15.8. The molecule has 4 atom stereocenters. The van der Waals surface area contributed by atoms with E-state index in [4.69, 9.17) is 15.9 Å². The number of phenols is 1. The predicted octanol–water partition coefficient (Wildman–Crippen LogP) is 10.2. The van der Waals surface area contributed by atoms with E-state index < -0.39 is 23.4 Å². The molecule has 4 N–H and O–H groups in total. The number of aliphatic hydroxyl groups excluding tert-OH is 1. The molecule has 16 heteroatoms. The number of benzene rings is 2. The van der Waals surface area contributed by atoms with E-state index in [2.05, 4.69) is 58.8 Å². The van der Waals surface area contributed by atoms with E-state index in [1.165, 1.54) is 114 Å². The van der Waals surface area contributed by atoms with Gasteiger partial charge >= 0.3 is 17.6 Å². The third kappa shape index (κ3) is 16.5. The van der Waals surface area contributed by atoms with Crippen molar-refractivity contribution in [2.24, 2.45) is 5.92 Å². The van der Waals surface area contributed by atoms with Gasteiger partial charge in [0.1, 0.15) is 42.4 Å². The summed E-state index contributed by atoms with van der Waals surface area (Å²) in [6.07, 6.45) is 28.3. The fourth-order valence-electron chi connectivity index (χ4n) is 10.8. The van der Waals surface area contributed by atoms with Crippen molar-refractivity contribution in [3.8, 4) is 29.4 Å². The molecule has 0 spiro atoms. The number of rotatable bonds is 22. The number of hydrogen-bond donors (Lipinski definition) is 4. The fourth-order valence-corrected chi connectivity index (χ4v) is 10.8. The number of esters is 2. The molecule has 391 valence electrons. The van der Waals surface area contributed by atoms with Gasteiger partial charge in [-0.2, -0.15) is 4.98 Å². The second-order valence-corrected chi connectivity index (χ2v) is 20.6. The maximum absolute atomic E-state index is 15.8. The molecule has 2 aromatic heterocycles. The summed E-state index contributed by atoms with van der Waals surface area (Å²) >= 11 is 0. The van der Waals surface area contributed by atoms with Crippen LogP contribution in [0.3, 0.4) is 0 Å². The number of fused-ring (bicyclic) bond motifs is 5. The second-order valence-electron chi connectivity index (χ2n) is 20.6. The molecular formula is C56H78F2N6O7Y. The zero-order chi connectivity index (χ0) is 50.9. The quantitative estimate of drug-likeness (QED) is 0.0334. The van der Waals surface area contributed by atoms with Crippen molar-refractivity contribution in [2.45, 2.75) is 180 Å². The van der Waals surface area contributed by atoms with E-state index in [0.29, 0.717) is 60.1 Å². The summed E-state index contributed by atoms with van der Waals surface area (Å²) in [5, 5.41) is 24.5. The third-order valence-electron chi connectivity index (χ3n) is 14.4. The van der Waals surface area contributed by atoms with E-state index in [-0.39, 0.29) is 91.3 Å². The van der Waals surface area contributed by atoms with Gasteiger partial charge in [0.2, 0.25) is 0 Å². The summed E-state index contributed by atoms with van der Waals surface area (Å²) in [6.45, 7) is 13.0. The van der Waals surface area contributed by atoms with Crippen LogP contribution in [0.5, 0.6) is 5.75 Å². The fraction of sp³-hybridized carbons (Fsp3) is 0.625. The summed E-state index contributed by atoms with van der Waals surface area (Å²) < 4.78 is 40.4. The number of piperidine rings is 1. The van der Waals surface area contributed by atoms with Crippen molar-refractivity contribution in [3.63, 3.8) is 0 Å². The summed E-state index contributed by atoms with van der Waals surface area (Å²) in [5.41, 5.74) is -0.234. The van der Waals surface area contributed by atoms with Gasteiger partial charge in [0.15, 0.2) is 5.82 Å². The van der Waals surface area contributed by atoms with Crippen molar-refractivity contribution < 1.29 is 70.8 Å². The molecule has 5 aliphatic rings.